The van der Waals surface area contributed by atoms with E-state index in [1.165, 1.54) is 11.8 Å². The van der Waals surface area contributed by atoms with E-state index in [1.54, 1.807) is 4.31 Å². The van der Waals surface area contributed by atoms with E-state index in [2.05, 4.69) is 17.0 Å². The lowest BCUT2D eigenvalue weighted by Gasteiger charge is -2.56. The van der Waals surface area contributed by atoms with E-state index in [4.69, 9.17) is 0 Å². The van der Waals surface area contributed by atoms with Gasteiger partial charge in [-0.15, -0.1) is 0 Å². The Morgan fingerprint density at radius 3 is 2.56 bits per heavy atom. The summed E-state index contributed by atoms with van der Waals surface area (Å²) in [5.74, 6) is 0.774. The average Bonchev–Trinajstić information content (AvgIpc) is 2.59. The maximum Gasteiger partial charge on any atom is 0.223 e. The highest BCUT2D eigenvalue weighted by molar-refractivity contribution is 7.88. The van der Waals surface area contributed by atoms with Gasteiger partial charge in [0.25, 0.3) is 0 Å². The van der Waals surface area contributed by atoms with Gasteiger partial charge in [-0.25, -0.2) is 12.7 Å². The van der Waals surface area contributed by atoms with Crippen LogP contribution in [0.2, 0.25) is 0 Å². The normalized spacial score (nSPS) is 33.2. The van der Waals surface area contributed by atoms with Crippen LogP contribution in [-0.4, -0.2) is 55.0 Å². The summed E-state index contributed by atoms with van der Waals surface area (Å²) in [5.41, 5.74) is 1.22. The van der Waals surface area contributed by atoms with Crippen molar-refractivity contribution in [1.29, 1.82) is 0 Å². The van der Waals surface area contributed by atoms with E-state index in [0.717, 1.165) is 25.7 Å². The van der Waals surface area contributed by atoms with Gasteiger partial charge in [-0.1, -0.05) is 30.3 Å². The molecule has 0 unspecified atom stereocenters. The second-order valence-electron chi connectivity index (χ2n) is 7.85. The van der Waals surface area contributed by atoms with Crippen LogP contribution in [0.25, 0.3) is 0 Å². The van der Waals surface area contributed by atoms with Gasteiger partial charge in [0.1, 0.15) is 0 Å². The molecule has 1 amide bonds. The number of hydrogen-bond acceptors (Lipinski definition) is 3. The molecule has 0 aliphatic carbocycles. The molecular weight excluding hydrogens is 336 g/mol. The molecule has 2 bridgehead atoms. The van der Waals surface area contributed by atoms with Gasteiger partial charge in [0.15, 0.2) is 0 Å². The summed E-state index contributed by atoms with van der Waals surface area (Å²) in [4.78, 5) is 14.9. The number of nitrogens with zero attached hydrogens (tertiary/aromatic N) is 2. The van der Waals surface area contributed by atoms with Gasteiger partial charge in [0.05, 0.1) is 6.26 Å². The van der Waals surface area contributed by atoms with Crippen molar-refractivity contribution in [1.82, 2.24) is 9.21 Å². The predicted octanol–water partition coefficient (Wildman–Crippen LogP) is 1.89. The van der Waals surface area contributed by atoms with Crippen molar-refractivity contribution in [3.05, 3.63) is 35.9 Å². The van der Waals surface area contributed by atoms with Crippen LogP contribution in [0.15, 0.2) is 30.3 Å². The minimum atomic E-state index is -3.19. The van der Waals surface area contributed by atoms with E-state index < -0.39 is 10.0 Å². The molecule has 6 heteroatoms. The summed E-state index contributed by atoms with van der Waals surface area (Å²) in [5, 5.41) is 0. The summed E-state index contributed by atoms with van der Waals surface area (Å²) >= 11 is 0. The SMILES string of the molecule is CS(=O)(=O)N1C[C@H]2C[C@@H](C1)[C@H](Cc1ccccc1)N1C(=O)CCC[C@@H]21. The van der Waals surface area contributed by atoms with Crippen molar-refractivity contribution in [3.63, 3.8) is 0 Å². The number of carbonyl (C=O) groups is 1. The highest BCUT2D eigenvalue weighted by atomic mass is 32.2. The van der Waals surface area contributed by atoms with Crippen molar-refractivity contribution >= 4 is 15.9 Å². The Kier molecular flexibility index (Phi) is 4.36. The van der Waals surface area contributed by atoms with Gasteiger partial charge in [0.2, 0.25) is 15.9 Å². The quantitative estimate of drug-likeness (QED) is 0.825. The maximum atomic E-state index is 12.7. The number of piperidine rings is 3. The monoisotopic (exact) mass is 362 g/mol. The molecule has 1 aromatic rings. The molecule has 3 saturated heterocycles. The van der Waals surface area contributed by atoms with E-state index in [1.807, 2.05) is 18.2 Å². The third kappa shape index (κ3) is 3.22. The summed E-state index contributed by atoms with van der Waals surface area (Å²) in [6.45, 7) is 1.12. The second-order valence-corrected chi connectivity index (χ2v) is 9.84. The molecule has 0 N–H and O–H groups in total. The number of sulfonamides is 1. The Balaban J connectivity index is 1.67. The largest absolute Gasteiger partial charge is 0.336 e. The van der Waals surface area contributed by atoms with Crippen LogP contribution in [0.5, 0.6) is 0 Å². The zero-order valence-electron chi connectivity index (χ0n) is 14.7. The average molecular weight is 362 g/mol. The molecule has 3 aliphatic heterocycles. The molecule has 0 aromatic heterocycles. The number of hydrogen-bond donors (Lipinski definition) is 0. The highest BCUT2D eigenvalue weighted by Crippen LogP contribution is 2.43. The van der Waals surface area contributed by atoms with E-state index in [0.29, 0.717) is 19.5 Å². The molecule has 0 radical (unpaired) electrons. The summed E-state index contributed by atoms with van der Waals surface area (Å²) in [6, 6.07) is 10.6. The molecule has 25 heavy (non-hydrogen) atoms. The number of fused-ring (bicyclic) bond motifs is 4. The van der Waals surface area contributed by atoms with Crippen LogP contribution in [0.1, 0.15) is 31.2 Å². The van der Waals surface area contributed by atoms with E-state index >= 15 is 0 Å². The molecule has 1 aromatic carbocycles. The first-order valence-corrected chi connectivity index (χ1v) is 11.1. The van der Waals surface area contributed by atoms with Crippen LogP contribution in [0.3, 0.4) is 0 Å². The molecule has 0 saturated carbocycles. The number of amides is 1. The summed E-state index contributed by atoms with van der Waals surface area (Å²) in [6.07, 6.45) is 5.74. The lowest BCUT2D eigenvalue weighted by Crippen LogP contribution is -2.65. The Hall–Kier alpha value is -1.40. The zero-order chi connectivity index (χ0) is 17.6. The van der Waals surface area contributed by atoms with Crippen LogP contribution in [-0.2, 0) is 21.2 Å². The standard InChI is InChI=1S/C19H26N2O3S/c1-25(23,24)20-12-15-11-16(13-20)18(10-14-6-3-2-4-7-14)21-17(15)8-5-9-19(21)22/h2-4,6-7,15-18H,5,8-13H2,1H3/t15-,16+,17+,18+/m1/s1. The number of rotatable bonds is 3. The Morgan fingerprint density at radius 2 is 1.84 bits per heavy atom. The highest BCUT2D eigenvalue weighted by Gasteiger charge is 2.50. The van der Waals surface area contributed by atoms with Crippen molar-refractivity contribution in [2.75, 3.05) is 19.3 Å². The molecule has 5 nitrogen and oxygen atoms in total. The van der Waals surface area contributed by atoms with Gasteiger partial charge in [-0.3, -0.25) is 4.79 Å². The van der Waals surface area contributed by atoms with Crippen molar-refractivity contribution in [2.24, 2.45) is 11.8 Å². The first-order valence-electron chi connectivity index (χ1n) is 9.23. The first-order chi connectivity index (χ1) is 11.9. The Morgan fingerprint density at radius 1 is 1.12 bits per heavy atom. The third-order valence-electron chi connectivity index (χ3n) is 6.22. The topological polar surface area (TPSA) is 57.7 Å². The summed E-state index contributed by atoms with van der Waals surface area (Å²) < 4.78 is 26.0. The van der Waals surface area contributed by atoms with Crippen LogP contribution < -0.4 is 0 Å². The van der Waals surface area contributed by atoms with Crippen molar-refractivity contribution in [3.8, 4) is 0 Å². The number of carbonyl (C=O) groups excluding carboxylic acids is 1. The van der Waals surface area contributed by atoms with Crippen LogP contribution in [0.4, 0.5) is 0 Å². The lowest BCUT2D eigenvalue weighted by molar-refractivity contribution is -0.150. The van der Waals surface area contributed by atoms with Gasteiger partial charge >= 0.3 is 0 Å². The predicted molar refractivity (Wildman–Crippen MR) is 96.4 cm³/mol. The molecule has 4 atom stereocenters. The molecular formula is C19H26N2O3S. The first kappa shape index (κ1) is 17.0. The van der Waals surface area contributed by atoms with Crippen LogP contribution in [0, 0.1) is 11.8 Å². The Bertz CT molecular complexity index is 749. The fourth-order valence-corrected chi connectivity index (χ4v) is 6.05. The Labute approximate surface area is 150 Å². The van der Waals surface area contributed by atoms with Crippen LogP contribution >= 0.6 is 0 Å². The van der Waals surface area contributed by atoms with Crippen molar-refractivity contribution < 1.29 is 13.2 Å². The van der Waals surface area contributed by atoms with Gasteiger partial charge in [0, 0.05) is 31.6 Å². The molecule has 3 heterocycles. The van der Waals surface area contributed by atoms with E-state index in [9.17, 15) is 13.2 Å². The molecule has 4 rings (SSSR count). The second kappa shape index (κ2) is 6.40. The van der Waals surface area contributed by atoms with Gasteiger partial charge in [-0.05, 0) is 43.1 Å². The minimum Gasteiger partial charge on any atom is -0.336 e. The molecule has 3 aliphatic rings. The fourth-order valence-electron chi connectivity index (χ4n) is 5.12. The number of benzene rings is 1. The third-order valence-corrected chi connectivity index (χ3v) is 7.46. The molecule has 3 fully saturated rings. The zero-order valence-corrected chi connectivity index (χ0v) is 15.5. The molecule has 136 valence electrons. The van der Waals surface area contributed by atoms with Crippen molar-refractivity contribution in [2.45, 2.75) is 44.2 Å². The van der Waals surface area contributed by atoms with Gasteiger partial charge in [-0.2, -0.15) is 0 Å². The smallest absolute Gasteiger partial charge is 0.223 e. The van der Waals surface area contributed by atoms with E-state index in [-0.39, 0.29) is 29.8 Å². The molecule has 0 spiro atoms. The summed E-state index contributed by atoms with van der Waals surface area (Å²) in [7, 11) is -3.19. The minimum absolute atomic E-state index is 0.112. The van der Waals surface area contributed by atoms with Gasteiger partial charge < -0.3 is 4.90 Å². The maximum absolute atomic E-state index is 12.7. The lowest BCUT2D eigenvalue weighted by atomic mass is 9.71. The fraction of sp³-hybridized carbons (Fsp3) is 0.632.